The van der Waals surface area contributed by atoms with Crippen molar-refractivity contribution in [3.05, 3.63) is 47.6 Å². The molecule has 2 aromatic rings. The number of hydrogen-bond acceptors (Lipinski definition) is 5. The minimum atomic E-state index is -3.85. The van der Waals surface area contributed by atoms with E-state index in [1.165, 1.54) is 24.4 Å². The van der Waals surface area contributed by atoms with Gasteiger partial charge in [0.05, 0.1) is 4.90 Å². The Labute approximate surface area is 125 Å². The summed E-state index contributed by atoms with van der Waals surface area (Å²) in [7, 11) is -3.85. The molecule has 0 bridgehead atoms. The van der Waals surface area contributed by atoms with Crippen LogP contribution in [0.4, 0.5) is 10.5 Å². The molecule has 110 valence electrons. The minimum absolute atomic E-state index is 0.122. The number of anilines is 1. The number of nitrogens with one attached hydrogen (secondary N) is 1. The van der Waals surface area contributed by atoms with Gasteiger partial charge in [-0.05, 0) is 30.3 Å². The molecule has 2 rings (SSSR count). The van der Waals surface area contributed by atoms with Crippen molar-refractivity contribution < 1.29 is 17.9 Å². The maximum absolute atomic E-state index is 12.2. The molecule has 1 amide bonds. The summed E-state index contributed by atoms with van der Waals surface area (Å²) < 4.78 is 31.3. The Bertz CT molecular complexity index is 762. The van der Waals surface area contributed by atoms with Gasteiger partial charge in [0.25, 0.3) is 10.0 Å². The number of rotatable bonds is 4. The van der Waals surface area contributed by atoms with Crippen LogP contribution in [0.25, 0.3) is 0 Å². The fraction of sp³-hybridized carbons (Fsp3) is 0. The van der Waals surface area contributed by atoms with Crippen LogP contribution in [0.5, 0.6) is 5.88 Å². The van der Waals surface area contributed by atoms with Gasteiger partial charge in [0.15, 0.2) is 0 Å². The van der Waals surface area contributed by atoms with Gasteiger partial charge < -0.3 is 10.5 Å². The van der Waals surface area contributed by atoms with Crippen molar-refractivity contribution in [1.29, 1.82) is 0 Å². The van der Waals surface area contributed by atoms with E-state index in [1.807, 2.05) is 0 Å². The lowest BCUT2D eigenvalue weighted by atomic mass is 10.3. The van der Waals surface area contributed by atoms with E-state index in [9.17, 15) is 13.2 Å². The van der Waals surface area contributed by atoms with Crippen molar-refractivity contribution in [1.82, 2.24) is 4.98 Å². The first kappa shape index (κ1) is 15.1. The number of amides is 1. The fourth-order valence-corrected chi connectivity index (χ4v) is 2.64. The van der Waals surface area contributed by atoms with Gasteiger partial charge in [-0.1, -0.05) is 11.6 Å². The van der Waals surface area contributed by atoms with E-state index < -0.39 is 16.1 Å². The summed E-state index contributed by atoms with van der Waals surface area (Å²) in [5.41, 5.74) is 5.18. The number of aromatic nitrogens is 1. The molecule has 1 aromatic heterocycles. The summed E-state index contributed by atoms with van der Waals surface area (Å²) in [6.07, 6.45) is 0.108. The zero-order chi connectivity index (χ0) is 15.5. The molecule has 9 heteroatoms. The first-order valence-electron chi connectivity index (χ1n) is 5.58. The number of sulfonamides is 1. The van der Waals surface area contributed by atoms with E-state index in [0.29, 0.717) is 10.7 Å². The Morgan fingerprint density at radius 3 is 2.52 bits per heavy atom. The highest BCUT2D eigenvalue weighted by Gasteiger charge is 2.16. The van der Waals surface area contributed by atoms with Crippen molar-refractivity contribution in [2.45, 2.75) is 4.90 Å². The average molecular weight is 328 g/mol. The second kappa shape index (κ2) is 5.98. The van der Waals surface area contributed by atoms with Crippen molar-refractivity contribution in [3.63, 3.8) is 0 Å². The van der Waals surface area contributed by atoms with Gasteiger partial charge in [-0.25, -0.2) is 18.2 Å². The van der Waals surface area contributed by atoms with Crippen LogP contribution in [0, 0.1) is 0 Å². The van der Waals surface area contributed by atoms with Crippen molar-refractivity contribution in [2.75, 3.05) is 4.72 Å². The molecule has 0 fully saturated rings. The molecule has 0 radical (unpaired) electrons. The van der Waals surface area contributed by atoms with Crippen LogP contribution in [0.15, 0.2) is 47.5 Å². The van der Waals surface area contributed by atoms with Gasteiger partial charge in [-0.3, -0.25) is 4.72 Å². The second-order valence-electron chi connectivity index (χ2n) is 3.86. The molecule has 0 saturated carbocycles. The van der Waals surface area contributed by atoms with Gasteiger partial charge in [0.1, 0.15) is 0 Å². The van der Waals surface area contributed by atoms with Crippen LogP contribution < -0.4 is 15.2 Å². The minimum Gasteiger partial charge on any atom is -0.391 e. The number of carbonyl (C=O) groups is 1. The number of benzene rings is 1. The summed E-state index contributed by atoms with van der Waals surface area (Å²) in [6, 6.07) is 8.47. The van der Waals surface area contributed by atoms with Crippen LogP contribution >= 0.6 is 11.6 Å². The van der Waals surface area contributed by atoms with E-state index in [0.717, 1.165) is 6.07 Å². The number of hydrogen-bond donors (Lipinski definition) is 2. The zero-order valence-electron chi connectivity index (χ0n) is 10.5. The number of halogens is 1. The molecule has 0 spiro atoms. The van der Waals surface area contributed by atoms with Crippen LogP contribution in [0.1, 0.15) is 0 Å². The third-order valence-electron chi connectivity index (χ3n) is 2.32. The molecular formula is C12H10ClN3O4S. The van der Waals surface area contributed by atoms with E-state index in [1.54, 1.807) is 12.1 Å². The maximum atomic E-state index is 12.2. The monoisotopic (exact) mass is 327 g/mol. The zero-order valence-corrected chi connectivity index (χ0v) is 12.1. The number of carbonyl (C=O) groups excluding carboxylic acids is 1. The number of nitrogens with zero attached hydrogens (tertiary/aromatic N) is 1. The summed E-state index contributed by atoms with van der Waals surface area (Å²) in [4.78, 5) is 14.2. The van der Waals surface area contributed by atoms with Gasteiger partial charge in [0.2, 0.25) is 5.88 Å². The third-order valence-corrected chi connectivity index (χ3v) is 3.95. The lowest BCUT2D eigenvalue weighted by Crippen LogP contribution is -2.18. The number of primary amides is 1. The highest BCUT2D eigenvalue weighted by atomic mass is 35.5. The van der Waals surface area contributed by atoms with E-state index in [2.05, 4.69) is 14.4 Å². The fourth-order valence-electron chi connectivity index (χ4n) is 1.45. The van der Waals surface area contributed by atoms with Crippen molar-refractivity contribution in [3.8, 4) is 5.88 Å². The molecule has 0 aliphatic carbocycles. The van der Waals surface area contributed by atoms with Crippen LogP contribution in [-0.2, 0) is 10.0 Å². The molecule has 0 aliphatic heterocycles. The highest BCUT2D eigenvalue weighted by molar-refractivity contribution is 7.92. The Kier molecular flexibility index (Phi) is 4.29. The Balaban J connectivity index is 2.26. The molecule has 0 unspecified atom stereocenters. The molecule has 0 atom stereocenters. The van der Waals surface area contributed by atoms with Gasteiger partial charge in [0, 0.05) is 23.0 Å². The third kappa shape index (κ3) is 4.07. The predicted octanol–water partition coefficient (Wildman–Crippen LogP) is 1.99. The first-order chi connectivity index (χ1) is 9.87. The summed E-state index contributed by atoms with van der Waals surface area (Å²) in [6.45, 7) is 0. The lowest BCUT2D eigenvalue weighted by Gasteiger charge is -2.08. The van der Waals surface area contributed by atoms with Crippen LogP contribution in [-0.4, -0.2) is 19.5 Å². The number of ether oxygens (including phenoxy) is 1. The molecule has 3 N–H and O–H groups in total. The van der Waals surface area contributed by atoms with Gasteiger partial charge >= 0.3 is 6.09 Å². The molecule has 1 aromatic carbocycles. The van der Waals surface area contributed by atoms with E-state index in [4.69, 9.17) is 17.3 Å². The SMILES string of the molecule is NC(=O)Oc1cc(S(=O)(=O)Nc2ccc(Cl)cc2)ccn1. The summed E-state index contributed by atoms with van der Waals surface area (Å²) >= 11 is 5.72. The molecule has 21 heavy (non-hydrogen) atoms. The smallest absolute Gasteiger partial charge is 0.391 e. The molecular weight excluding hydrogens is 318 g/mol. The lowest BCUT2D eigenvalue weighted by molar-refractivity contribution is 0.209. The van der Waals surface area contributed by atoms with E-state index in [-0.39, 0.29) is 10.8 Å². The number of nitrogens with two attached hydrogens (primary N) is 1. The quantitative estimate of drug-likeness (QED) is 0.892. The Morgan fingerprint density at radius 1 is 1.24 bits per heavy atom. The largest absolute Gasteiger partial charge is 0.411 e. The van der Waals surface area contributed by atoms with Crippen LogP contribution in [0.2, 0.25) is 5.02 Å². The Morgan fingerprint density at radius 2 is 1.90 bits per heavy atom. The molecule has 7 nitrogen and oxygen atoms in total. The second-order valence-corrected chi connectivity index (χ2v) is 5.98. The van der Waals surface area contributed by atoms with Crippen LogP contribution in [0.3, 0.4) is 0 Å². The van der Waals surface area contributed by atoms with E-state index >= 15 is 0 Å². The molecule has 1 heterocycles. The van der Waals surface area contributed by atoms with Gasteiger partial charge in [-0.15, -0.1) is 0 Å². The summed E-state index contributed by atoms with van der Waals surface area (Å²) in [5, 5.41) is 0.485. The Hall–Kier alpha value is -2.32. The molecule has 0 saturated heterocycles. The van der Waals surface area contributed by atoms with Gasteiger partial charge in [-0.2, -0.15) is 0 Å². The standard InChI is InChI=1S/C12H10ClN3O4S/c13-8-1-3-9(4-2-8)16-21(18,19)10-5-6-15-11(7-10)20-12(14)17/h1-7,16H,(H2,14,17). The predicted molar refractivity (Wildman–Crippen MR) is 76.7 cm³/mol. The van der Waals surface area contributed by atoms with Crippen molar-refractivity contribution in [2.24, 2.45) is 5.73 Å². The first-order valence-corrected chi connectivity index (χ1v) is 7.45. The highest BCUT2D eigenvalue weighted by Crippen LogP contribution is 2.20. The normalized spacial score (nSPS) is 10.9. The van der Waals surface area contributed by atoms with Crippen molar-refractivity contribution >= 4 is 33.4 Å². The number of pyridine rings is 1. The average Bonchev–Trinajstić information content (AvgIpc) is 2.41. The summed E-state index contributed by atoms with van der Waals surface area (Å²) in [5.74, 6) is -0.207. The molecule has 0 aliphatic rings. The maximum Gasteiger partial charge on any atom is 0.411 e. The topological polar surface area (TPSA) is 111 Å².